The molecule has 1 aromatic carbocycles. The average molecular weight is 329 g/mol. The number of benzene rings is 1. The van der Waals surface area contributed by atoms with Crippen LogP contribution < -0.4 is 5.43 Å². The van der Waals surface area contributed by atoms with E-state index in [2.05, 4.69) is 21.9 Å². The first-order valence-electron chi connectivity index (χ1n) is 8.25. The molecular weight excluding hydrogens is 302 g/mol. The summed E-state index contributed by atoms with van der Waals surface area (Å²) in [6, 6.07) is 11.8. The molecule has 24 heavy (non-hydrogen) atoms. The number of aromatic hydroxyl groups is 1. The molecule has 1 N–H and O–H groups in total. The molecule has 5 nitrogen and oxygen atoms in total. The lowest BCUT2D eigenvalue weighted by Gasteiger charge is -2.21. The summed E-state index contributed by atoms with van der Waals surface area (Å²) < 4.78 is 1.99. The van der Waals surface area contributed by atoms with Gasteiger partial charge in [-0.3, -0.25) is 9.69 Å². The number of hydrogen-bond acceptors (Lipinski definition) is 4. The van der Waals surface area contributed by atoms with Crippen LogP contribution in [0.1, 0.15) is 17.7 Å². The van der Waals surface area contributed by atoms with E-state index in [1.165, 1.54) is 5.56 Å². The molecule has 0 bridgehead atoms. The van der Waals surface area contributed by atoms with Crippen LogP contribution in [0.15, 0.2) is 47.4 Å². The average Bonchev–Trinajstić information content (AvgIpc) is 2.52. The third-order valence-corrected chi connectivity index (χ3v) is 3.93. The van der Waals surface area contributed by atoms with Gasteiger partial charge in [-0.2, -0.15) is 0 Å². The van der Waals surface area contributed by atoms with Crippen LogP contribution in [-0.2, 0) is 19.6 Å². The second-order valence-electron chi connectivity index (χ2n) is 6.52. The lowest BCUT2D eigenvalue weighted by atomic mass is 10.2. The van der Waals surface area contributed by atoms with Crippen molar-refractivity contribution < 1.29 is 5.11 Å². The van der Waals surface area contributed by atoms with Gasteiger partial charge in [0.25, 0.3) is 0 Å². The molecule has 1 heterocycles. The molecule has 0 atom stereocenters. The van der Waals surface area contributed by atoms with Gasteiger partial charge in [-0.1, -0.05) is 30.3 Å². The van der Waals surface area contributed by atoms with Gasteiger partial charge in [0.1, 0.15) is 0 Å². The predicted octanol–water partition coefficient (Wildman–Crippen LogP) is 2.14. The largest absolute Gasteiger partial charge is 0.503 e. The van der Waals surface area contributed by atoms with E-state index in [-0.39, 0.29) is 11.2 Å². The highest BCUT2D eigenvalue weighted by Gasteiger charge is 2.09. The van der Waals surface area contributed by atoms with E-state index in [1.807, 2.05) is 43.9 Å². The number of nitrogens with zero attached hydrogens (tertiary/aromatic N) is 3. The van der Waals surface area contributed by atoms with Gasteiger partial charge in [0.15, 0.2) is 5.75 Å². The van der Waals surface area contributed by atoms with Gasteiger partial charge in [0, 0.05) is 31.4 Å². The zero-order valence-electron chi connectivity index (χ0n) is 14.8. The van der Waals surface area contributed by atoms with E-state index < -0.39 is 0 Å². The molecule has 2 rings (SSSR count). The Morgan fingerprint density at radius 2 is 1.79 bits per heavy atom. The fourth-order valence-electron chi connectivity index (χ4n) is 2.73. The standard InChI is InChI=1S/C19H27N3O2/c1-20(2)10-7-11-22-15-19(24)18(23)12-17(22)14-21(3)13-16-8-5-4-6-9-16/h4-6,8-9,12,15,24H,7,10-11,13-14H2,1-3H3. The predicted molar refractivity (Wildman–Crippen MR) is 97.2 cm³/mol. The molecule has 130 valence electrons. The number of hydrogen-bond donors (Lipinski definition) is 1. The van der Waals surface area contributed by atoms with Crippen molar-refractivity contribution in [3.63, 3.8) is 0 Å². The van der Waals surface area contributed by atoms with Crippen LogP contribution in [0.4, 0.5) is 0 Å². The van der Waals surface area contributed by atoms with E-state index >= 15 is 0 Å². The zero-order valence-corrected chi connectivity index (χ0v) is 14.8. The van der Waals surface area contributed by atoms with Crippen molar-refractivity contribution in [1.82, 2.24) is 14.4 Å². The Morgan fingerprint density at radius 3 is 2.46 bits per heavy atom. The first-order chi connectivity index (χ1) is 11.5. The first-order valence-corrected chi connectivity index (χ1v) is 8.25. The van der Waals surface area contributed by atoms with E-state index in [9.17, 15) is 9.90 Å². The third-order valence-electron chi connectivity index (χ3n) is 3.93. The summed E-state index contributed by atoms with van der Waals surface area (Å²) in [6.07, 6.45) is 2.52. The highest BCUT2D eigenvalue weighted by molar-refractivity contribution is 5.21. The van der Waals surface area contributed by atoms with E-state index in [0.29, 0.717) is 6.54 Å². The molecule has 2 aromatic rings. The number of aromatic nitrogens is 1. The summed E-state index contributed by atoms with van der Waals surface area (Å²) in [5.74, 6) is -0.186. The van der Waals surface area contributed by atoms with Crippen LogP contribution in [0.25, 0.3) is 0 Å². The highest BCUT2D eigenvalue weighted by atomic mass is 16.3. The maximum Gasteiger partial charge on any atom is 0.223 e. The van der Waals surface area contributed by atoms with Gasteiger partial charge in [-0.05, 0) is 39.7 Å². The molecule has 0 unspecified atom stereocenters. The molecule has 0 aliphatic carbocycles. The van der Waals surface area contributed by atoms with Crippen LogP contribution in [0.3, 0.4) is 0 Å². The molecule has 0 fully saturated rings. The Bertz CT molecular complexity index is 696. The Kier molecular flexibility index (Phi) is 6.58. The summed E-state index contributed by atoms with van der Waals surface area (Å²) in [7, 11) is 6.11. The maximum atomic E-state index is 11.8. The summed E-state index contributed by atoms with van der Waals surface area (Å²) >= 11 is 0. The summed E-state index contributed by atoms with van der Waals surface area (Å²) in [5.41, 5.74) is 1.84. The van der Waals surface area contributed by atoms with Gasteiger partial charge in [-0.15, -0.1) is 0 Å². The fraction of sp³-hybridized carbons (Fsp3) is 0.421. The Labute approximate surface area is 143 Å². The SMILES string of the molecule is CN(C)CCCn1cc(O)c(=O)cc1CN(C)Cc1ccccc1. The highest BCUT2D eigenvalue weighted by Crippen LogP contribution is 2.11. The van der Waals surface area contributed by atoms with Crippen molar-refractivity contribution in [2.24, 2.45) is 0 Å². The lowest BCUT2D eigenvalue weighted by Crippen LogP contribution is -2.23. The molecule has 0 spiro atoms. The van der Waals surface area contributed by atoms with Gasteiger partial charge in [0.05, 0.1) is 6.20 Å². The van der Waals surface area contributed by atoms with Crippen LogP contribution in [0.2, 0.25) is 0 Å². The maximum absolute atomic E-state index is 11.8. The van der Waals surface area contributed by atoms with Crippen LogP contribution in [0, 0.1) is 0 Å². The van der Waals surface area contributed by atoms with E-state index in [1.54, 1.807) is 12.3 Å². The molecule has 0 aliphatic heterocycles. The molecule has 0 saturated carbocycles. The van der Waals surface area contributed by atoms with Crippen molar-refractivity contribution in [1.29, 1.82) is 0 Å². The molecule has 0 aliphatic rings. The number of rotatable bonds is 8. The van der Waals surface area contributed by atoms with Crippen LogP contribution >= 0.6 is 0 Å². The first kappa shape index (κ1) is 18.2. The smallest absolute Gasteiger partial charge is 0.223 e. The van der Waals surface area contributed by atoms with Crippen LogP contribution in [0.5, 0.6) is 5.75 Å². The molecule has 0 amide bonds. The number of pyridine rings is 1. The van der Waals surface area contributed by atoms with Crippen molar-refractivity contribution in [2.45, 2.75) is 26.1 Å². The summed E-state index contributed by atoms with van der Waals surface area (Å²) in [4.78, 5) is 16.1. The quantitative estimate of drug-likeness (QED) is 0.806. The minimum Gasteiger partial charge on any atom is -0.503 e. The minimum absolute atomic E-state index is 0.186. The van der Waals surface area contributed by atoms with Crippen molar-refractivity contribution in [3.8, 4) is 5.75 Å². The van der Waals surface area contributed by atoms with Crippen molar-refractivity contribution in [2.75, 3.05) is 27.7 Å². The second kappa shape index (κ2) is 8.66. The normalized spacial score (nSPS) is 11.4. The second-order valence-corrected chi connectivity index (χ2v) is 6.52. The van der Waals surface area contributed by atoms with Gasteiger partial charge >= 0.3 is 0 Å². The Hall–Kier alpha value is -2.11. The van der Waals surface area contributed by atoms with Crippen molar-refractivity contribution >= 4 is 0 Å². The molecular formula is C19H27N3O2. The van der Waals surface area contributed by atoms with Gasteiger partial charge in [-0.25, -0.2) is 0 Å². The van der Waals surface area contributed by atoms with Crippen LogP contribution in [-0.4, -0.2) is 47.2 Å². The zero-order chi connectivity index (χ0) is 17.5. The fourth-order valence-corrected chi connectivity index (χ4v) is 2.73. The third kappa shape index (κ3) is 5.51. The summed E-state index contributed by atoms with van der Waals surface area (Å²) in [5, 5.41) is 9.75. The molecule has 0 radical (unpaired) electrons. The van der Waals surface area contributed by atoms with Gasteiger partial charge in [0.2, 0.25) is 5.43 Å². The Balaban J connectivity index is 2.09. The molecule has 1 aromatic heterocycles. The topological polar surface area (TPSA) is 48.7 Å². The summed E-state index contributed by atoms with van der Waals surface area (Å²) in [6.45, 7) is 3.21. The minimum atomic E-state index is -0.318. The Morgan fingerprint density at radius 1 is 1.08 bits per heavy atom. The lowest BCUT2D eigenvalue weighted by molar-refractivity contribution is 0.304. The van der Waals surface area contributed by atoms with Gasteiger partial charge < -0.3 is 14.6 Å². The molecule has 0 saturated heterocycles. The van der Waals surface area contributed by atoms with E-state index in [4.69, 9.17) is 0 Å². The van der Waals surface area contributed by atoms with E-state index in [0.717, 1.165) is 31.7 Å². The monoisotopic (exact) mass is 329 g/mol. The molecule has 5 heteroatoms. The number of aryl methyl sites for hydroxylation is 1. The van der Waals surface area contributed by atoms with Crippen molar-refractivity contribution in [3.05, 3.63) is 64.1 Å².